The second-order valence-corrected chi connectivity index (χ2v) is 6.41. The second kappa shape index (κ2) is 7.95. The lowest BCUT2D eigenvalue weighted by Crippen LogP contribution is -2.26. The molecule has 7 heteroatoms. The van der Waals surface area contributed by atoms with Crippen molar-refractivity contribution in [1.82, 2.24) is 20.1 Å². The first kappa shape index (κ1) is 17.8. The van der Waals surface area contributed by atoms with Gasteiger partial charge in [-0.15, -0.1) is 10.2 Å². The van der Waals surface area contributed by atoms with E-state index in [4.69, 9.17) is 4.84 Å². The molecular formula is C19H22N4O3. The molecule has 3 rings (SSSR count). The maximum absolute atomic E-state index is 11.8. The third-order valence-corrected chi connectivity index (χ3v) is 4.24. The number of nitrogens with zero attached hydrogens (tertiary/aromatic N) is 4. The molecule has 0 atom stereocenters. The summed E-state index contributed by atoms with van der Waals surface area (Å²) in [7, 11) is 0. The number of benzene rings is 1. The van der Waals surface area contributed by atoms with Gasteiger partial charge in [-0.1, -0.05) is 41.6 Å². The smallest absolute Gasteiger partial charge is 0.333 e. The number of rotatable bonds is 7. The molecule has 26 heavy (non-hydrogen) atoms. The number of aryl methyl sites for hydroxylation is 2. The van der Waals surface area contributed by atoms with E-state index < -0.39 is 5.97 Å². The van der Waals surface area contributed by atoms with Gasteiger partial charge in [0, 0.05) is 24.9 Å². The quantitative estimate of drug-likeness (QED) is 0.714. The van der Waals surface area contributed by atoms with Crippen molar-refractivity contribution in [3.8, 4) is 11.3 Å². The van der Waals surface area contributed by atoms with Crippen LogP contribution in [0.1, 0.15) is 37.7 Å². The Morgan fingerprint density at radius 1 is 1.23 bits per heavy atom. The Labute approximate surface area is 152 Å². The zero-order valence-electron chi connectivity index (χ0n) is 14.9. The Morgan fingerprint density at radius 3 is 2.69 bits per heavy atom. The highest BCUT2D eigenvalue weighted by molar-refractivity contribution is 5.82. The second-order valence-electron chi connectivity index (χ2n) is 6.41. The van der Waals surface area contributed by atoms with Gasteiger partial charge in [-0.05, 0) is 26.2 Å². The van der Waals surface area contributed by atoms with Crippen LogP contribution in [0.25, 0.3) is 11.3 Å². The van der Waals surface area contributed by atoms with Gasteiger partial charge in [-0.2, -0.15) is 0 Å². The highest BCUT2D eigenvalue weighted by Crippen LogP contribution is 2.21. The van der Waals surface area contributed by atoms with Crippen LogP contribution in [0.15, 0.2) is 42.7 Å². The number of carbonyl (C=O) groups is 2. The zero-order chi connectivity index (χ0) is 18.5. The zero-order valence-corrected chi connectivity index (χ0v) is 14.9. The van der Waals surface area contributed by atoms with E-state index in [0.717, 1.165) is 22.7 Å². The third kappa shape index (κ3) is 4.36. The molecule has 0 unspecified atom stereocenters. The molecule has 0 spiro atoms. The number of aromatic nitrogens is 3. The van der Waals surface area contributed by atoms with Crippen LogP contribution in [0, 0.1) is 6.92 Å². The summed E-state index contributed by atoms with van der Waals surface area (Å²) in [6, 6.07) is 8.12. The first-order valence-corrected chi connectivity index (χ1v) is 8.71. The predicted octanol–water partition coefficient (Wildman–Crippen LogP) is 3.02. The van der Waals surface area contributed by atoms with E-state index >= 15 is 0 Å². The Bertz CT molecular complexity index is 794. The number of hydrogen-bond acceptors (Lipinski definition) is 5. The molecule has 1 aliphatic rings. The molecule has 7 nitrogen and oxygen atoms in total. The van der Waals surface area contributed by atoms with Gasteiger partial charge < -0.3 is 4.84 Å². The maximum Gasteiger partial charge on any atom is 0.333 e. The largest absolute Gasteiger partial charge is 0.334 e. The summed E-state index contributed by atoms with van der Waals surface area (Å²) in [5.74, 6) is -0.630. The number of hydrogen-bond donors (Lipinski definition) is 0. The van der Waals surface area contributed by atoms with Gasteiger partial charge in [0.2, 0.25) is 0 Å². The first-order valence-electron chi connectivity index (χ1n) is 8.71. The van der Waals surface area contributed by atoms with Crippen LogP contribution < -0.4 is 0 Å². The van der Waals surface area contributed by atoms with Crippen LogP contribution in [0.5, 0.6) is 0 Å². The fraction of sp³-hybridized carbons (Fsp3) is 0.368. The van der Waals surface area contributed by atoms with E-state index in [2.05, 4.69) is 16.9 Å². The van der Waals surface area contributed by atoms with Crippen molar-refractivity contribution in [2.75, 3.05) is 0 Å². The molecule has 1 fully saturated rings. The molecule has 2 aromatic rings. The van der Waals surface area contributed by atoms with E-state index in [1.165, 1.54) is 5.56 Å². The summed E-state index contributed by atoms with van der Waals surface area (Å²) >= 11 is 0. The molecule has 1 aliphatic heterocycles. The molecule has 0 N–H and O–H groups in total. The van der Waals surface area contributed by atoms with E-state index in [0.29, 0.717) is 31.5 Å². The topological polar surface area (TPSA) is 77.3 Å². The van der Waals surface area contributed by atoms with Crippen molar-refractivity contribution >= 4 is 11.9 Å². The summed E-state index contributed by atoms with van der Waals surface area (Å²) in [5.41, 5.74) is 3.60. The minimum atomic E-state index is -0.416. The molecule has 1 amide bonds. The summed E-state index contributed by atoms with van der Waals surface area (Å²) in [4.78, 5) is 28.4. The molecule has 1 aromatic carbocycles. The molecule has 0 aliphatic carbocycles. The molecule has 2 heterocycles. The fourth-order valence-corrected chi connectivity index (χ4v) is 2.70. The van der Waals surface area contributed by atoms with Crippen molar-refractivity contribution in [1.29, 1.82) is 0 Å². The average molecular weight is 354 g/mol. The number of amides is 1. The summed E-state index contributed by atoms with van der Waals surface area (Å²) in [6.45, 7) is 6.43. The molecule has 1 aromatic heterocycles. The Kier molecular flexibility index (Phi) is 5.46. The molecule has 136 valence electrons. The molecule has 0 saturated carbocycles. The van der Waals surface area contributed by atoms with Gasteiger partial charge in [-0.25, -0.2) is 4.79 Å². The van der Waals surface area contributed by atoms with Crippen molar-refractivity contribution in [2.24, 2.45) is 0 Å². The normalized spacial score (nSPS) is 14.1. The molecule has 0 bridgehead atoms. The lowest BCUT2D eigenvalue weighted by atomic mass is 10.1. The fourth-order valence-electron chi connectivity index (χ4n) is 2.70. The summed E-state index contributed by atoms with van der Waals surface area (Å²) in [5, 5.41) is 9.32. The van der Waals surface area contributed by atoms with Crippen molar-refractivity contribution in [3.05, 3.63) is 48.3 Å². The van der Waals surface area contributed by atoms with Crippen molar-refractivity contribution in [2.45, 2.75) is 45.6 Å². The SMILES string of the molecule is C=C1CCC(=O)N1OC(=O)CCCCn1cc(-c2ccc(C)cc2)nn1. The summed E-state index contributed by atoms with van der Waals surface area (Å²) < 4.78 is 1.77. The lowest BCUT2D eigenvalue weighted by molar-refractivity contribution is -0.186. The highest BCUT2D eigenvalue weighted by atomic mass is 16.7. The first-order chi connectivity index (χ1) is 12.5. The van der Waals surface area contributed by atoms with Crippen LogP contribution in [-0.4, -0.2) is 31.9 Å². The van der Waals surface area contributed by atoms with Gasteiger partial charge in [0.25, 0.3) is 5.91 Å². The monoisotopic (exact) mass is 354 g/mol. The van der Waals surface area contributed by atoms with Gasteiger partial charge >= 0.3 is 5.97 Å². The van der Waals surface area contributed by atoms with Crippen molar-refractivity contribution < 1.29 is 14.4 Å². The van der Waals surface area contributed by atoms with Gasteiger partial charge in [0.05, 0.1) is 11.9 Å². The predicted molar refractivity (Wildman–Crippen MR) is 95.4 cm³/mol. The minimum Gasteiger partial charge on any atom is -0.334 e. The van der Waals surface area contributed by atoms with Gasteiger partial charge in [-0.3, -0.25) is 9.48 Å². The average Bonchev–Trinajstić information content (AvgIpc) is 3.21. The molecule has 1 saturated heterocycles. The maximum atomic E-state index is 11.8. The number of allylic oxidation sites excluding steroid dienone is 1. The Balaban J connectivity index is 1.41. The van der Waals surface area contributed by atoms with E-state index in [1.54, 1.807) is 4.68 Å². The van der Waals surface area contributed by atoms with Crippen LogP contribution in [-0.2, 0) is 21.0 Å². The number of carbonyl (C=O) groups excluding carboxylic acids is 2. The molecular weight excluding hydrogens is 332 g/mol. The van der Waals surface area contributed by atoms with Crippen LogP contribution in [0.3, 0.4) is 0 Å². The lowest BCUT2D eigenvalue weighted by Gasteiger charge is -2.15. The van der Waals surface area contributed by atoms with E-state index in [-0.39, 0.29) is 12.3 Å². The standard InChI is InChI=1S/C19H22N4O3/c1-14-6-9-16(10-7-14)17-13-22(21-20-17)12-4-3-5-19(25)26-23-15(2)8-11-18(23)24/h6-7,9-10,13H,2-5,8,11-12H2,1H3. The minimum absolute atomic E-state index is 0.213. The Hall–Kier alpha value is -2.96. The van der Waals surface area contributed by atoms with Gasteiger partial charge in [0.1, 0.15) is 5.69 Å². The van der Waals surface area contributed by atoms with Crippen LogP contribution in [0.4, 0.5) is 0 Å². The Morgan fingerprint density at radius 2 is 2.00 bits per heavy atom. The van der Waals surface area contributed by atoms with Gasteiger partial charge in [0.15, 0.2) is 0 Å². The third-order valence-electron chi connectivity index (χ3n) is 4.24. The van der Waals surface area contributed by atoms with E-state index in [1.807, 2.05) is 37.4 Å². The van der Waals surface area contributed by atoms with E-state index in [9.17, 15) is 9.59 Å². The number of hydroxylamine groups is 2. The number of unbranched alkanes of at least 4 members (excludes halogenated alkanes) is 1. The molecule has 0 radical (unpaired) electrons. The van der Waals surface area contributed by atoms with Crippen molar-refractivity contribution in [3.63, 3.8) is 0 Å². The van der Waals surface area contributed by atoms with Crippen LogP contribution in [0.2, 0.25) is 0 Å². The summed E-state index contributed by atoms with van der Waals surface area (Å²) in [6.07, 6.45) is 4.45. The highest BCUT2D eigenvalue weighted by Gasteiger charge is 2.27. The van der Waals surface area contributed by atoms with Crippen LogP contribution >= 0.6 is 0 Å².